The molecule has 2 heterocycles. The van der Waals surface area contributed by atoms with Gasteiger partial charge in [0, 0.05) is 6.20 Å². The van der Waals surface area contributed by atoms with Crippen LogP contribution in [0.4, 0.5) is 0 Å². The van der Waals surface area contributed by atoms with Crippen LogP contribution < -0.4 is 0 Å². The fourth-order valence-corrected chi connectivity index (χ4v) is 1.72. The van der Waals surface area contributed by atoms with Gasteiger partial charge in [0.2, 0.25) is 0 Å². The number of hydrogen-bond acceptors (Lipinski definition) is 3. The van der Waals surface area contributed by atoms with E-state index in [2.05, 4.69) is 15.3 Å². The number of aromatic nitrogens is 4. The molecular weight excluding hydrogens is 200 g/mol. The zero-order valence-corrected chi connectivity index (χ0v) is 8.83. The first-order valence-electron chi connectivity index (χ1n) is 5.09. The number of pyridine rings is 1. The third-order valence-electron chi connectivity index (χ3n) is 2.53. The van der Waals surface area contributed by atoms with E-state index in [-0.39, 0.29) is 0 Å². The van der Waals surface area contributed by atoms with Crippen molar-refractivity contribution in [2.75, 3.05) is 0 Å². The van der Waals surface area contributed by atoms with Crippen molar-refractivity contribution in [1.82, 2.24) is 20.0 Å². The number of fused-ring (bicyclic) bond motifs is 1. The van der Waals surface area contributed by atoms with Crippen molar-refractivity contribution in [2.24, 2.45) is 0 Å². The monoisotopic (exact) mass is 210 g/mol. The van der Waals surface area contributed by atoms with Crippen molar-refractivity contribution >= 4 is 11.0 Å². The first-order chi connectivity index (χ1) is 7.86. The van der Waals surface area contributed by atoms with Crippen LogP contribution in [0.2, 0.25) is 0 Å². The normalized spacial score (nSPS) is 10.8. The van der Waals surface area contributed by atoms with E-state index in [1.807, 2.05) is 43.3 Å². The Morgan fingerprint density at radius 1 is 1.06 bits per heavy atom. The minimum atomic E-state index is 0.830. The minimum absolute atomic E-state index is 0.830. The minimum Gasteiger partial charge on any atom is -0.237 e. The van der Waals surface area contributed by atoms with E-state index in [0.717, 1.165) is 22.4 Å². The number of nitrogens with zero attached hydrogens (tertiary/aromatic N) is 4. The third-order valence-corrected chi connectivity index (χ3v) is 2.53. The number of para-hydroxylation sites is 1. The summed E-state index contributed by atoms with van der Waals surface area (Å²) in [7, 11) is 0. The second-order valence-electron chi connectivity index (χ2n) is 3.63. The molecule has 3 aromatic rings. The number of hydrogen-bond donors (Lipinski definition) is 0. The van der Waals surface area contributed by atoms with Crippen molar-refractivity contribution in [2.45, 2.75) is 6.92 Å². The Bertz CT molecular complexity index is 642. The van der Waals surface area contributed by atoms with Crippen LogP contribution in [0.25, 0.3) is 16.9 Å². The number of benzene rings is 1. The molecular formula is C12H10N4. The molecule has 0 radical (unpaired) electrons. The van der Waals surface area contributed by atoms with E-state index in [0.29, 0.717) is 0 Å². The van der Waals surface area contributed by atoms with E-state index in [1.165, 1.54) is 0 Å². The molecule has 78 valence electrons. The smallest absolute Gasteiger partial charge is 0.158 e. The van der Waals surface area contributed by atoms with Crippen LogP contribution >= 0.6 is 0 Å². The Kier molecular flexibility index (Phi) is 1.93. The maximum absolute atomic E-state index is 4.33. The molecule has 2 aromatic heterocycles. The summed E-state index contributed by atoms with van der Waals surface area (Å²) in [4.78, 5) is 4.33. The van der Waals surface area contributed by atoms with Gasteiger partial charge in [0.25, 0.3) is 0 Å². The van der Waals surface area contributed by atoms with Gasteiger partial charge >= 0.3 is 0 Å². The predicted octanol–water partition coefficient (Wildman–Crippen LogP) is 2.12. The molecule has 0 N–H and O–H groups in total. The second-order valence-corrected chi connectivity index (χ2v) is 3.63. The van der Waals surface area contributed by atoms with Crippen molar-refractivity contribution in [3.63, 3.8) is 0 Å². The third kappa shape index (κ3) is 1.27. The van der Waals surface area contributed by atoms with Gasteiger partial charge in [0.15, 0.2) is 5.82 Å². The van der Waals surface area contributed by atoms with Crippen molar-refractivity contribution in [3.05, 3.63) is 48.2 Å². The maximum atomic E-state index is 4.33. The van der Waals surface area contributed by atoms with Gasteiger partial charge in [-0.05, 0) is 30.7 Å². The summed E-state index contributed by atoms with van der Waals surface area (Å²) in [6, 6.07) is 11.8. The molecule has 1 aromatic carbocycles. The van der Waals surface area contributed by atoms with E-state index in [4.69, 9.17) is 0 Å². The maximum Gasteiger partial charge on any atom is 0.158 e. The summed E-state index contributed by atoms with van der Waals surface area (Å²) in [5, 5.41) is 8.24. The molecule has 0 saturated carbocycles. The largest absolute Gasteiger partial charge is 0.237 e. The molecule has 0 amide bonds. The molecule has 0 unspecified atom stereocenters. The lowest BCUT2D eigenvalue weighted by atomic mass is 10.3. The molecule has 0 aliphatic rings. The van der Waals surface area contributed by atoms with E-state index < -0.39 is 0 Å². The molecule has 0 atom stereocenters. The molecule has 0 aliphatic heterocycles. The van der Waals surface area contributed by atoms with Crippen LogP contribution in [-0.2, 0) is 0 Å². The van der Waals surface area contributed by atoms with E-state index in [9.17, 15) is 0 Å². The summed E-state index contributed by atoms with van der Waals surface area (Å²) < 4.78 is 1.77. The highest BCUT2D eigenvalue weighted by Crippen LogP contribution is 2.16. The molecule has 0 bridgehead atoms. The van der Waals surface area contributed by atoms with Crippen molar-refractivity contribution in [1.29, 1.82) is 0 Å². The standard InChI is InChI=1S/C12H10N4/c1-9-5-4-8-13-12(9)16-11-7-3-2-6-10(11)14-15-16/h2-8H,1H3. The number of rotatable bonds is 1. The van der Waals surface area contributed by atoms with Crippen LogP contribution in [0.15, 0.2) is 42.6 Å². The van der Waals surface area contributed by atoms with Gasteiger partial charge in [-0.1, -0.05) is 23.4 Å². The van der Waals surface area contributed by atoms with E-state index >= 15 is 0 Å². The van der Waals surface area contributed by atoms with Crippen LogP contribution in [0.3, 0.4) is 0 Å². The molecule has 4 nitrogen and oxygen atoms in total. The van der Waals surface area contributed by atoms with Gasteiger partial charge in [-0.2, -0.15) is 4.68 Å². The highest BCUT2D eigenvalue weighted by Gasteiger charge is 2.08. The highest BCUT2D eigenvalue weighted by molar-refractivity contribution is 5.75. The Labute approximate surface area is 92.6 Å². The summed E-state index contributed by atoms with van der Waals surface area (Å²) in [5.41, 5.74) is 2.94. The average Bonchev–Trinajstić information content (AvgIpc) is 2.74. The molecule has 16 heavy (non-hydrogen) atoms. The summed E-state index contributed by atoms with van der Waals surface area (Å²) >= 11 is 0. The second kappa shape index (κ2) is 3.41. The lowest BCUT2D eigenvalue weighted by Gasteiger charge is -2.03. The Morgan fingerprint density at radius 3 is 2.81 bits per heavy atom. The average molecular weight is 210 g/mol. The van der Waals surface area contributed by atoms with Crippen LogP contribution in [-0.4, -0.2) is 20.0 Å². The van der Waals surface area contributed by atoms with Crippen molar-refractivity contribution < 1.29 is 0 Å². The Balaban J connectivity index is 2.31. The molecule has 4 heteroatoms. The van der Waals surface area contributed by atoms with Gasteiger partial charge < -0.3 is 0 Å². The van der Waals surface area contributed by atoms with E-state index in [1.54, 1.807) is 10.9 Å². The van der Waals surface area contributed by atoms with Gasteiger partial charge in [-0.3, -0.25) is 0 Å². The molecule has 0 fully saturated rings. The molecule has 0 aliphatic carbocycles. The summed E-state index contributed by atoms with van der Waals surface area (Å²) in [5.74, 6) is 0.830. The van der Waals surface area contributed by atoms with Gasteiger partial charge in [-0.15, -0.1) is 5.10 Å². The summed E-state index contributed by atoms with van der Waals surface area (Å²) in [6.45, 7) is 2.01. The predicted molar refractivity (Wildman–Crippen MR) is 61.4 cm³/mol. The topological polar surface area (TPSA) is 43.6 Å². The first kappa shape index (κ1) is 9.03. The fraction of sp³-hybridized carbons (Fsp3) is 0.0833. The fourth-order valence-electron chi connectivity index (χ4n) is 1.72. The Morgan fingerprint density at radius 2 is 1.94 bits per heavy atom. The molecule has 0 saturated heterocycles. The van der Waals surface area contributed by atoms with Crippen molar-refractivity contribution in [3.8, 4) is 5.82 Å². The highest BCUT2D eigenvalue weighted by atomic mass is 15.4. The molecule has 0 spiro atoms. The van der Waals surface area contributed by atoms with Gasteiger partial charge in [-0.25, -0.2) is 4.98 Å². The zero-order valence-electron chi connectivity index (χ0n) is 8.83. The van der Waals surface area contributed by atoms with Crippen LogP contribution in [0, 0.1) is 6.92 Å². The van der Waals surface area contributed by atoms with Gasteiger partial charge in [0.1, 0.15) is 5.52 Å². The van der Waals surface area contributed by atoms with Crippen LogP contribution in [0.1, 0.15) is 5.56 Å². The lowest BCUT2D eigenvalue weighted by Crippen LogP contribution is -2.01. The lowest BCUT2D eigenvalue weighted by molar-refractivity contribution is 0.795. The molecule has 3 rings (SSSR count). The zero-order chi connectivity index (χ0) is 11.0. The van der Waals surface area contributed by atoms with Crippen LogP contribution in [0.5, 0.6) is 0 Å². The SMILES string of the molecule is Cc1cccnc1-n1nnc2ccccc21. The Hall–Kier alpha value is -2.23. The number of aryl methyl sites for hydroxylation is 1. The first-order valence-corrected chi connectivity index (χ1v) is 5.09. The quantitative estimate of drug-likeness (QED) is 0.618. The van der Waals surface area contributed by atoms with Gasteiger partial charge in [0.05, 0.1) is 5.52 Å². The summed E-state index contributed by atoms with van der Waals surface area (Å²) in [6.07, 6.45) is 1.76.